The molecule has 0 saturated carbocycles. The summed E-state index contributed by atoms with van der Waals surface area (Å²) in [5.41, 5.74) is 0. The second-order valence-electron chi connectivity index (χ2n) is 4.05. The largest absolute Gasteiger partial charge is 0.351 e. The molecule has 1 unspecified atom stereocenters. The highest BCUT2D eigenvalue weighted by atomic mass is 79.9. The molecule has 1 atom stereocenters. The van der Waals surface area contributed by atoms with Gasteiger partial charge in [-0.2, -0.15) is 0 Å². The Morgan fingerprint density at radius 1 is 1.44 bits per heavy atom. The molecule has 5 heteroatoms. The Bertz CT molecular complexity index is 348. The van der Waals surface area contributed by atoms with E-state index in [9.17, 15) is 0 Å². The van der Waals surface area contributed by atoms with E-state index in [2.05, 4.69) is 30.8 Å². The second-order valence-corrected chi connectivity index (χ2v) is 5.10. The number of rotatable bonds is 2. The van der Waals surface area contributed by atoms with Crippen LogP contribution in [0.2, 0.25) is 5.02 Å². The first kappa shape index (κ1) is 12.1. The smallest absolute Gasteiger partial charge is 0.151 e. The van der Waals surface area contributed by atoms with Crippen molar-refractivity contribution in [2.75, 3.05) is 16.8 Å². The number of alkyl halides is 1. The quantitative estimate of drug-likeness (QED) is 0.785. The molecule has 1 aliphatic rings. The van der Waals surface area contributed by atoms with Gasteiger partial charge < -0.3 is 4.90 Å². The highest BCUT2D eigenvalue weighted by Crippen LogP contribution is 2.28. The fourth-order valence-corrected chi connectivity index (χ4v) is 3.02. The highest BCUT2D eigenvalue weighted by Gasteiger charge is 2.22. The van der Waals surface area contributed by atoms with E-state index in [1.165, 1.54) is 25.7 Å². The number of halogens is 2. The van der Waals surface area contributed by atoms with Crippen molar-refractivity contribution in [3.05, 3.63) is 17.5 Å². The van der Waals surface area contributed by atoms with Crippen LogP contribution in [0.1, 0.15) is 25.7 Å². The Balaban J connectivity index is 2.25. The molecular weight excluding hydrogens is 289 g/mol. The van der Waals surface area contributed by atoms with E-state index in [1.807, 2.05) is 0 Å². The zero-order valence-corrected chi connectivity index (χ0v) is 11.4. The van der Waals surface area contributed by atoms with Crippen molar-refractivity contribution in [3.63, 3.8) is 0 Å². The Morgan fingerprint density at radius 2 is 2.31 bits per heavy atom. The first-order valence-corrected chi connectivity index (χ1v) is 7.11. The standard InChI is InChI=1S/C11H15BrClN3/c12-6-9-4-2-1-3-5-16(9)11-10(13)7-14-8-15-11/h7-9H,1-6H2. The van der Waals surface area contributed by atoms with Crippen molar-refractivity contribution in [3.8, 4) is 0 Å². The van der Waals surface area contributed by atoms with E-state index in [4.69, 9.17) is 11.6 Å². The first-order chi connectivity index (χ1) is 7.83. The normalized spacial score (nSPS) is 21.9. The summed E-state index contributed by atoms with van der Waals surface area (Å²) in [5, 5.41) is 1.61. The van der Waals surface area contributed by atoms with Crippen molar-refractivity contribution >= 4 is 33.3 Å². The molecule has 0 radical (unpaired) electrons. The van der Waals surface area contributed by atoms with E-state index in [0.717, 1.165) is 17.7 Å². The summed E-state index contributed by atoms with van der Waals surface area (Å²) >= 11 is 9.73. The molecule has 1 fully saturated rings. The van der Waals surface area contributed by atoms with Crippen LogP contribution in [0, 0.1) is 0 Å². The van der Waals surface area contributed by atoms with Crippen molar-refractivity contribution in [2.45, 2.75) is 31.7 Å². The van der Waals surface area contributed by atoms with Gasteiger partial charge in [-0.3, -0.25) is 0 Å². The van der Waals surface area contributed by atoms with Gasteiger partial charge >= 0.3 is 0 Å². The van der Waals surface area contributed by atoms with Gasteiger partial charge in [0.1, 0.15) is 11.3 Å². The summed E-state index contributed by atoms with van der Waals surface area (Å²) in [6.07, 6.45) is 8.23. The molecule has 16 heavy (non-hydrogen) atoms. The minimum absolute atomic E-state index is 0.495. The summed E-state index contributed by atoms with van der Waals surface area (Å²) in [7, 11) is 0. The maximum absolute atomic E-state index is 6.15. The van der Waals surface area contributed by atoms with Gasteiger partial charge in [0.15, 0.2) is 5.82 Å². The van der Waals surface area contributed by atoms with Gasteiger partial charge in [-0.25, -0.2) is 9.97 Å². The summed E-state index contributed by atoms with van der Waals surface area (Å²) in [6, 6.07) is 0.495. The number of aromatic nitrogens is 2. The molecule has 0 bridgehead atoms. The van der Waals surface area contributed by atoms with Crippen LogP contribution in [0.5, 0.6) is 0 Å². The average Bonchev–Trinajstić information content (AvgIpc) is 2.54. The second kappa shape index (κ2) is 5.82. The minimum Gasteiger partial charge on any atom is -0.351 e. The predicted octanol–water partition coefficient (Wildman–Crippen LogP) is 3.27. The zero-order valence-electron chi connectivity index (χ0n) is 9.07. The van der Waals surface area contributed by atoms with Crippen LogP contribution in [0.4, 0.5) is 5.82 Å². The van der Waals surface area contributed by atoms with Crippen LogP contribution in [-0.4, -0.2) is 27.9 Å². The molecular formula is C11H15BrClN3. The van der Waals surface area contributed by atoms with Crippen LogP contribution in [-0.2, 0) is 0 Å². The number of nitrogens with zero attached hydrogens (tertiary/aromatic N) is 3. The molecule has 2 rings (SSSR count). The molecule has 0 aromatic carbocycles. The van der Waals surface area contributed by atoms with Crippen molar-refractivity contribution < 1.29 is 0 Å². The van der Waals surface area contributed by atoms with E-state index in [1.54, 1.807) is 12.5 Å². The fraction of sp³-hybridized carbons (Fsp3) is 0.636. The van der Waals surface area contributed by atoms with Gasteiger partial charge in [0.05, 0.1) is 6.20 Å². The minimum atomic E-state index is 0.495. The molecule has 0 N–H and O–H groups in total. The van der Waals surface area contributed by atoms with Crippen LogP contribution in [0.15, 0.2) is 12.5 Å². The van der Waals surface area contributed by atoms with Gasteiger partial charge in [-0.15, -0.1) is 0 Å². The van der Waals surface area contributed by atoms with E-state index < -0.39 is 0 Å². The third-order valence-electron chi connectivity index (χ3n) is 2.98. The van der Waals surface area contributed by atoms with E-state index >= 15 is 0 Å². The van der Waals surface area contributed by atoms with Gasteiger partial charge in [0.2, 0.25) is 0 Å². The third kappa shape index (κ3) is 2.66. The summed E-state index contributed by atoms with van der Waals surface area (Å²) in [4.78, 5) is 10.5. The van der Waals surface area contributed by atoms with Gasteiger partial charge in [0.25, 0.3) is 0 Å². The number of anilines is 1. The Hall–Kier alpha value is -0.350. The van der Waals surface area contributed by atoms with Crippen LogP contribution in [0.25, 0.3) is 0 Å². The highest BCUT2D eigenvalue weighted by molar-refractivity contribution is 9.09. The van der Waals surface area contributed by atoms with Gasteiger partial charge in [-0.05, 0) is 12.8 Å². The first-order valence-electron chi connectivity index (χ1n) is 5.61. The topological polar surface area (TPSA) is 29.0 Å². The Kier molecular flexibility index (Phi) is 4.41. The summed E-state index contributed by atoms with van der Waals surface area (Å²) in [5.74, 6) is 0.878. The lowest BCUT2D eigenvalue weighted by Gasteiger charge is -2.30. The summed E-state index contributed by atoms with van der Waals surface area (Å²) in [6.45, 7) is 1.03. The van der Waals surface area contributed by atoms with Crippen molar-refractivity contribution in [1.29, 1.82) is 0 Å². The molecule has 0 aliphatic carbocycles. The third-order valence-corrected chi connectivity index (χ3v) is 3.99. The molecule has 0 spiro atoms. The fourth-order valence-electron chi connectivity index (χ4n) is 2.13. The van der Waals surface area contributed by atoms with Gasteiger partial charge in [-0.1, -0.05) is 40.4 Å². The Labute approximate surface area is 109 Å². The van der Waals surface area contributed by atoms with E-state index in [0.29, 0.717) is 11.1 Å². The van der Waals surface area contributed by atoms with Gasteiger partial charge in [0, 0.05) is 17.9 Å². The lowest BCUT2D eigenvalue weighted by atomic mass is 10.1. The van der Waals surface area contributed by atoms with Crippen molar-refractivity contribution in [2.24, 2.45) is 0 Å². The average molecular weight is 305 g/mol. The molecule has 1 aromatic heterocycles. The van der Waals surface area contributed by atoms with Crippen LogP contribution in [0.3, 0.4) is 0 Å². The predicted molar refractivity (Wildman–Crippen MR) is 70.4 cm³/mol. The maximum Gasteiger partial charge on any atom is 0.151 e. The SMILES string of the molecule is Clc1cncnc1N1CCCCCC1CBr. The van der Waals surface area contributed by atoms with E-state index in [-0.39, 0.29) is 0 Å². The monoisotopic (exact) mass is 303 g/mol. The zero-order chi connectivity index (χ0) is 11.4. The molecule has 1 saturated heterocycles. The molecule has 2 heterocycles. The molecule has 3 nitrogen and oxygen atoms in total. The lowest BCUT2D eigenvalue weighted by molar-refractivity contribution is 0.621. The lowest BCUT2D eigenvalue weighted by Crippen LogP contribution is -2.36. The molecule has 1 aromatic rings. The molecule has 0 amide bonds. The molecule has 88 valence electrons. The Morgan fingerprint density at radius 3 is 3.06 bits per heavy atom. The molecule has 1 aliphatic heterocycles. The summed E-state index contributed by atoms with van der Waals surface area (Å²) < 4.78 is 0. The number of hydrogen-bond acceptors (Lipinski definition) is 3. The maximum atomic E-state index is 6.15. The van der Waals surface area contributed by atoms with Crippen molar-refractivity contribution in [1.82, 2.24) is 9.97 Å². The van der Waals surface area contributed by atoms with Crippen LogP contribution < -0.4 is 4.90 Å². The number of hydrogen-bond donors (Lipinski definition) is 0. The van der Waals surface area contributed by atoms with Crippen LogP contribution >= 0.6 is 27.5 Å².